The summed E-state index contributed by atoms with van der Waals surface area (Å²) in [7, 11) is -1.41. The lowest BCUT2D eigenvalue weighted by Gasteiger charge is -2.55. The molecule has 9 rings (SSSR count). The van der Waals surface area contributed by atoms with Gasteiger partial charge in [-0.3, -0.25) is 24.3 Å². The average Bonchev–Trinajstić information content (AvgIpc) is 3.94. The van der Waals surface area contributed by atoms with Crippen molar-refractivity contribution in [2.75, 3.05) is 38.1 Å². The summed E-state index contributed by atoms with van der Waals surface area (Å²) < 4.78 is 83.8. The fourth-order valence-electron chi connectivity index (χ4n) is 11.6. The molecule has 1 saturated heterocycles. The monoisotopic (exact) mass is 1050 g/mol. The highest BCUT2D eigenvalue weighted by Gasteiger charge is 2.68. The van der Waals surface area contributed by atoms with Gasteiger partial charge in [0.2, 0.25) is 5.78 Å². The van der Waals surface area contributed by atoms with Crippen molar-refractivity contribution in [1.82, 2.24) is 15.0 Å². The molecular weight excluding hydrogens is 986 g/mol. The minimum Gasteiger partial charge on any atom is -0.508 e. The van der Waals surface area contributed by atoms with Gasteiger partial charge in [0.25, 0.3) is 5.88 Å². The van der Waals surface area contributed by atoms with Gasteiger partial charge in [-0.2, -0.15) is 0 Å². The van der Waals surface area contributed by atoms with Crippen LogP contribution in [0.5, 0.6) is 17.4 Å². The number of carbonyl (C=O) groups excluding carboxylic acids is 3. The molecule has 3 aliphatic carbocycles. The van der Waals surface area contributed by atoms with E-state index in [4.69, 9.17) is 27.9 Å². The van der Waals surface area contributed by atoms with Crippen molar-refractivity contribution in [2.45, 2.75) is 122 Å². The minimum atomic E-state index is -5.27. The smallest absolute Gasteiger partial charge is 0.508 e. The number of likely N-dealkylation sites (tertiary alicyclic amines) is 1. The number of aliphatic hydroxyl groups is 1. The average molecular weight is 1050 g/mol. The minimum absolute atomic E-state index is 0.000837. The molecule has 5 aliphatic rings. The van der Waals surface area contributed by atoms with Crippen molar-refractivity contribution >= 4 is 31.7 Å². The Balaban J connectivity index is 1.35. The number of alkyl halides is 3. The van der Waals surface area contributed by atoms with Gasteiger partial charge in [-0.15, -0.1) is 26.3 Å². The number of benzene rings is 3. The molecule has 2 aliphatic heterocycles. The van der Waals surface area contributed by atoms with Crippen LogP contribution in [0, 0.1) is 17.8 Å². The Morgan fingerprint density at radius 3 is 2.12 bits per heavy atom. The van der Waals surface area contributed by atoms with E-state index >= 15 is 22.8 Å². The predicted octanol–water partition coefficient (Wildman–Crippen LogP) is 12.0. The normalized spacial score (nSPS) is 23.6. The molecule has 1 aromatic heterocycles. The van der Waals surface area contributed by atoms with Crippen molar-refractivity contribution in [3.05, 3.63) is 136 Å². The maximum Gasteiger partial charge on any atom is 0.573 e. The van der Waals surface area contributed by atoms with Gasteiger partial charge in [-0.1, -0.05) is 93.6 Å². The second-order valence-corrected chi connectivity index (χ2v) is 27.6. The number of aromatic nitrogens is 1. The topological polar surface area (TPSA) is 153 Å². The zero-order valence-corrected chi connectivity index (χ0v) is 45.1. The van der Waals surface area contributed by atoms with Gasteiger partial charge < -0.3 is 33.0 Å². The Bertz CT molecular complexity index is 2920. The summed E-state index contributed by atoms with van der Waals surface area (Å²) in [5, 5.41) is 17.4. The van der Waals surface area contributed by atoms with Crippen LogP contribution in [0.15, 0.2) is 102 Å². The molecule has 2 unspecified atom stereocenters. The van der Waals surface area contributed by atoms with Gasteiger partial charge >= 0.3 is 12.5 Å². The van der Waals surface area contributed by atoms with Crippen molar-refractivity contribution in [3.8, 4) is 17.4 Å². The van der Waals surface area contributed by atoms with Crippen LogP contribution < -0.4 is 19.1 Å². The number of hydrogen-bond acceptors (Lipinski definition) is 13. The standard InChI is InChI=1S/C57H67F3N4O10Si/c1-12-25-63(26-13-2)44-38-29-36-28-37-40(46(65)39(36)50(66)56(38,74-75(10,11)55(6,7)8)51(67)42-49(44)73-61-52(42)70-32-34-22-18-15-19-23-34)48(69-31-33-20-16-14-17-21-33)45-41(47(37)71-57(58,59)60)43-35(24-27-62(43)9)30-64(45)53(68)72-54(3,4)5/h12-23,35-36,38,43-44,66H,1-2,24-32H2,3-11H3/t35?,36-,38-,43?,44-,56-/m0/s1. The first kappa shape index (κ1) is 53.6. The van der Waals surface area contributed by atoms with Crippen LogP contribution in [0.1, 0.15) is 115 Å². The highest BCUT2D eigenvalue weighted by atomic mass is 28.4. The lowest BCUT2D eigenvalue weighted by molar-refractivity contribution is -0.275. The number of nitrogens with zero attached hydrogens (tertiary/aromatic N) is 4. The molecule has 6 atom stereocenters. The Morgan fingerprint density at radius 2 is 1.55 bits per heavy atom. The third-order valence-electron chi connectivity index (χ3n) is 15.8. The van der Waals surface area contributed by atoms with Crippen molar-refractivity contribution in [1.29, 1.82) is 0 Å². The number of halogens is 3. The van der Waals surface area contributed by atoms with Crippen LogP contribution in [0.2, 0.25) is 18.1 Å². The van der Waals surface area contributed by atoms with Gasteiger partial charge in [0, 0.05) is 48.3 Å². The molecule has 0 bridgehead atoms. The number of aliphatic hydroxyl groups excluding tert-OH is 1. The molecule has 18 heteroatoms. The van der Waals surface area contributed by atoms with E-state index < -0.39 is 84.0 Å². The molecule has 75 heavy (non-hydrogen) atoms. The lowest BCUT2D eigenvalue weighted by Crippen LogP contribution is -2.65. The maximum atomic E-state index is 16.3. The largest absolute Gasteiger partial charge is 0.573 e. The first-order valence-corrected chi connectivity index (χ1v) is 28.4. The van der Waals surface area contributed by atoms with Crippen LogP contribution in [0.3, 0.4) is 0 Å². The zero-order valence-electron chi connectivity index (χ0n) is 44.1. The highest BCUT2D eigenvalue weighted by Crippen LogP contribution is 2.63. The van der Waals surface area contributed by atoms with Crippen LogP contribution >= 0.6 is 0 Å². The number of allylic oxidation sites excluding steroid dienone is 1. The van der Waals surface area contributed by atoms with E-state index in [0.29, 0.717) is 18.5 Å². The molecule has 3 aromatic carbocycles. The van der Waals surface area contributed by atoms with E-state index in [1.54, 1.807) is 64.2 Å². The summed E-state index contributed by atoms with van der Waals surface area (Å²) in [5.41, 5.74) is -2.72. The Kier molecular flexibility index (Phi) is 14.1. The summed E-state index contributed by atoms with van der Waals surface area (Å²) in [4.78, 5) is 52.3. The first-order valence-electron chi connectivity index (χ1n) is 25.5. The van der Waals surface area contributed by atoms with Gasteiger partial charge in [0.15, 0.2) is 31.2 Å². The van der Waals surface area contributed by atoms with Crippen molar-refractivity contribution in [2.24, 2.45) is 17.8 Å². The molecule has 1 N–H and O–H groups in total. The molecule has 3 heterocycles. The Morgan fingerprint density at radius 1 is 0.933 bits per heavy atom. The van der Waals surface area contributed by atoms with E-state index in [-0.39, 0.29) is 103 Å². The van der Waals surface area contributed by atoms with E-state index in [1.807, 2.05) is 80.1 Å². The third-order valence-corrected chi connectivity index (χ3v) is 20.2. The second kappa shape index (κ2) is 19.7. The van der Waals surface area contributed by atoms with Gasteiger partial charge in [-0.25, -0.2) is 4.79 Å². The molecular formula is C57H67F3N4O10Si. The third kappa shape index (κ3) is 9.60. The molecule has 0 spiro atoms. The van der Waals surface area contributed by atoms with Crippen LogP contribution in [0.25, 0.3) is 0 Å². The van der Waals surface area contributed by atoms with Crippen molar-refractivity contribution in [3.63, 3.8) is 0 Å². The zero-order chi connectivity index (χ0) is 54.2. The summed E-state index contributed by atoms with van der Waals surface area (Å²) >= 11 is 0. The van der Waals surface area contributed by atoms with Crippen LogP contribution in [0.4, 0.5) is 23.7 Å². The Labute approximate surface area is 437 Å². The first-order chi connectivity index (χ1) is 35.3. The summed E-state index contributed by atoms with van der Waals surface area (Å²) in [6.45, 7) is 23.7. The number of Topliss-reactive ketones (excluding diaryl/α,β-unsaturated/α-hetero) is 2. The number of ether oxygens (including phenoxy) is 4. The van der Waals surface area contributed by atoms with E-state index in [9.17, 15) is 9.90 Å². The molecule has 400 valence electrons. The van der Waals surface area contributed by atoms with E-state index in [1.165, 1.54) is 4.90 Å². The van der Waals surface area contributed by atoms with Crippen LogP contribution in [-0.2, 0) is 28.8 Å². The quantitative estimate of drug-likeness (QED) is 0.0942. The number of amides is 1. The predicted molar refractivity (Wildman–Crippen MR) is 278 cm³/mol. The van der Waals surface area contributed by atoms with E-state index in [2.05, 4.69) is 18.3 Å². The second-order valence-electron chi connectivity index (χ2n) is 22.9. The summed E-state index contributed by atoms with van der Waals surface area (Å²) in [6, 6.07) is 16.7. The molecule has 0 radical (unpaired) electrons. The number of hydrogen-bond donors (Lipinski definition) is 1. The lowest BCUT2D eigenvalue weighted by atomic mass is 9.58. The molecule has 0 saturated carbocycles. The number of fused-ring (bicyclic) bond motifs is 7. The number of anilines is 1. The Hall–Kier alpha value is -6.21. The SMILES string of the molecule is C=CCN(CC=C)[C@@H]1c2onc(OCc3ccccc3)c2C(=O)[C@@]2(O[Si](C)(C)C(C)(C)C)C(O)=C3C(=O)c4c(c(OC(F)(F)F)c5c(c4OCc4ccccc4)N(C(=O)OC(C)(C)C)CC4CCN(C)C54)C[C@H]3C[C@@H]12. The number of ketones is 2. The molecule has 1 amide bonds. The summed E-state index contributed by atoms with van der Waals surface area (Å²) in [6.07, 6.45) is -2.58. The highest BCUT2D eigenvalue weighted by molar-refractivity contribution is 6.74. The summed E-state index contributed by atoms with van der Waals surface area (Å²) in [5.74, 6) is -5.57. The number of carbonyl (C=O) groups is 3. The van der Waals surface area contributed by atoms with Crippen molar-refractivity contribution < 1.29 is 60.6 Å². The molecule has 1 fully saturated rings. The van der Waals surface area contributed by atoms with Crippen LogP contribution in [-0.4, -0.2) is 96.8 Å². The van der Waals surface area contributed by atoms with E-state index in [0.717, 1.165) is 5.56 Å². The number of rotatable bonds is 14. The fraction of sp³-hybridized carbons (Fsp3) is 0.474. The molecule has 14 nitrogen and oxygen atoms in total. The van der Waals surface area contributed by atoms with Gasteiger partial charge in [0.1, 0.15) is 35.9 Å². The molecule has 4 aromatic rings. The van der Waals surface area contributed by atoms with Gasteiger partial charge in [-0.05, 0) is 99.9 Å². The maximum absolute atomic E-state index is 16.3. The fourth-order valence-corrected chi connectivity index (χ4v) is 13.1. The van der Waals surface area contributed by atoms with Gasteiger partial charge in [0.05, 0.1) is 17.3 Å².